The van der Waals surface area contributed by atoms with Crippen LogP contribution in [0.15, 0.2) is 4.99 Å². The molecule has 0 bridgehead atoms. The Morgan fingerprint density at radius 2 is 1.52 bits per heavy atom. The summed E-state index contributed by atoms with van der Waals surface area (Å²) in [4.78, 5) is 9.52. The fraction of sp³-hybridized carbons (Fsp3) is 0.952. The fourth-order valence-electron chi connectivity index (χ4n) is 4.29. The molecule has 0 aromatic carbocycles. The minimum absolute atomic E-state index is 0. The van der Waals surface area contributed by atoms with E-state index in [-0.39, 0.29) is 24.0 Å². The predicted molar refractivity (Wildman–Crippen MR) is 128 cm³/mol. The van der Waals surface area contributed by atoms with Crippen LogP contribution in [0.3, 0.4) is 0 Å². The maximum atomic E-state index is 4.36. The molecule has 27 heavy (non-hydrogen) atoms. The van der Waals surface area contributed by atoms with E-state index in [0.29, 0.717) is 0 Å². The molecule has 0 spiro atoms. The molecular formula is C21H44IN5. The molecule has 1 heterocycles. The lowest BCUT2D eigenvalue weighted by atomic mass is 9.86. The lowest BCUT2D eigenvalue weighted by Crippen LogP contribution is -2.46. The highest BCUT2D eigenvalue weighted by Gasteiger charge is 2.14. The van der Waals surface area contributed by atoms with Gasteiger partial charge in [0.2, 0.25) is 0 Å². The van der Waals surface area contributed by atoms with Crippen LogP contribution in [0.2, 0.25) is 0 Å². The molecule has 160 valence electrons. The number of aliphatic imine (C=N–C) groups is 1. The van der Waals surface area contributed by atoms with E-state index in [1.807, 2.05) is 7.05 Å². The molecule has 1 saturated heterocycles. The monoisotopic (exact) mass is 493 g/mol. The van der Waals surface area contributed by atoms with Gasteiger partial charge in [0.1, 0.15) is 0 Å². The molecule has 5 nitrogen and oxygen atoms in total. The standard InChI is InChI=1S/C21H43N5.HI/c1-3-25-16-18-26(19-17-25)15-8-7-13-23-21(22-2)24-14-9-12-20-10-5-4-6-11-20;/h20H,3-19H2,1-2H3,(H2,22,23,24);1H. The third-order valence-corrected chi connectivity index (χ3v) is 6.14. The second-order valence-electron chi connectivity index (χ2n) is 8.06. The first-order valence-electron chi connectivity index (χ1n) is 11.2. The maximum Gasteiger partial charge on any atom is 0.190 e. The summed E-state index contributed by atoms with van der Waals surface area (Å²) in [7, 11) is 1.88. The van der Waals surface area contributed by atoms with Gasteiger partial charge < -0.3 is 20.4 Å². The van der Waals surface area contributed by atoms with Crippen molar-refractivity contribution in [2.24, 2.45) is 10.9 Å². The molecule has 0 aromatic heterocycles. The maximum absolute atomic E-state index is 4.36. The predicted octanol–water partition coefficient (Wildman–Crippen LogP) is 3.55. The molecule has 6 heteroatoms. The first-order chi connectivity index (χ1) is 12.8. The van der Waals surface area contributed by atoms with Gasteiger partial charge in [0, 0.05) is 46.3 Å². The zero-order chi connectivity index (χ0) is 18.5. The van der Waals surface area contributed by atoms with Crippen LogP contribution in [0.4, 0.5) is 0 Å². The van der Waals surface area contributed by atoms with Gasteiger partial charge in [-0.05, 0) is 44.7 Å². The van der Waals surface area contributed by atoms with E-state index in [1.165, 1.54) is 97.1 Å². The summed E-state index contributed by atoms with van der Waals surface area (Å²) >= 11 is 0. The van der Waals surface area contributed by atoms with Gasteiger partial charge >= 0.3 is 0 Å². The third kappa shape index (κ3) is 10.9. The second kappa shape index (κ2) is 15.8. The van der Waals surface area contributed by atoms with Crippen molar-refractivity contribution in [2.45, 2.75) is 64.7 Å². The Morgan fingerprint density at radius 1 is 0.889 bits per heavy atom. The summed E-state index contributed by atoms with van der Waals surface area (Å²) in [5.41, 5.74) is 0. The van der Waals surface area contributed by atoms with Crippen LogP contribution in [-0.2, 0) is 0 Å². The zero-order valence-electron chi connectivity index (χ0n) is 17.8. The van der Waals surface area contributed by atoms with E-state index < -0.39 is 0 Å². The van der Waals surface area contributed by atoms with Crippen molar-refractivity contribution in [1.82, 2.24) is 20.4 Å². The molecule has 0 aromatic rings. The molecule has 2 N–H and O–H groups in total. The SMILES string of the molecule is CCN1CCN(CCCCNC(=NC)NCCCC2CCCCC2)CC1.I. The first-order valence-corrected chi connectivity index (χ1v) is 11.2. The lowest BCUT2D eigenvalue weighted by molar-refractivity contribution is 0.136. The topological polar surface area (TPSA) is 42.9 Å². The van der Waals surface area contributed by atoms with Crippen LogP contribution in [0.5, 0.6) is 0 Å². The van der Waals surface area contributed by atoms with Gasteiger partial charge in [-0.3, -0.25) is 4.99 Å². The molecule has 2 fully saturated rings. The van der Waals surface area contributed by atoms with Gasteiger partial charge in [0.05, 0.1) is 0 Å². The normalized spacial score (nSPS) is 20.3. The van der Waals surface area contributed by atoms with Crippen LogP contribution in [0.1, 0.15) is 64.7 Å². The van der Waals surface area contributed by atoms with Crippen LogP contribution in [0.25, 0.3) is 0 Å². The lowest BCUT2D eigenvalue weighted by Gasteiger charge is -2.34. The van der Waals surface area contributed by atoms with Crippen LogP contribution in [0, 0.1) is 5.92 Å². The zero-order valence-corrected chi connectivity index (χ0v) is 20.2. The Bertz CT molecular complexity index is 377. The Kier molecular flexibility index (Phi) is 14.6. The Morgan fingerprint density at radius 3 is 2.15 bits per heavy atom. The molecule has 0 radical (unpaired) electrons. The smallest absolute Gasteiger partial charge is 0.190 e. The molecule has 1 aliphatic carbocycles. The number of unbranched alkanes of at least 4 members (excludes halogenated alkanes) is 1. The van der Waals surface area contributed by atoms with Gasteiger partial charge in [-0.2, -0.15) is 0 Å². The van der Waals surface area contributed by atoms with E-state index in [9.17, 15) is 0 Å². The van der Waals surface area contributed by atoms with Crippen LogP contribution >= 0.6 is 24.0 Å². The average Bonchev–Trinajstić information content (AvgIpc) is 2.70. The fourth-order valence-corrected chi connectivity index (χ4v) is 4.29. The molecule has 1 saturated carbocycles. The molecule has 2 rings (SSSR count). The number of guanidine groups is 1. The number of piperazine rings is 1. The van der Waals surface area contributed by atoms with Crippen molar-refractivity contribution < 1.29 is 0 Å². The Balaban J connectivity index is 0.00000364. The van der Waals surface area contributed by atoms with E-state index >= 15 is 0 Å². The van der Waals surface area contributed by atoms with Crippen molar-refractivity contribution in [3.63, 3.8) is 0 Å². The summed E-state index contributed by atoms with van der Waals surface area (Å²) in [6.45, 7) is 11.7. The van der Waals surface area contributed by atoms with Gasteiger partial charge in [-0.1, -0.05) is 39.0 Å². The largest absolute Gasteiger partial charge is 0.356 e. The van der Waals surface area contributed by atoms with Crippen LogP contribution in [-0.4, -0.2) is 75.2 Å². The number of nitrogens with one attached hydrogen (secondary N) is 2. The van der Waals surface area contributed by atoms with Crippen molar-refractivity contribution >= 4 is 29.9 Å². The summed E-state index contributed by atoms with van der Waals surface area (Å²) < 4.78 is 0. The first kappa shape index (κ1) is 25.0. The van der Waals surface area contributed by atoms with Gasteiger partial charge in [-0.25, -0.2) is 0 Å². The molecule has 0 atom stereocenters. The number of hydrogen-bond donors (Lipinski definition) is 2. The van der Waals surface area contributed by atoms with Crippen LogP contribution < -0.4 is 10.6 Å². The van der Waals surface area contributed by atoms with Crippen molar-refractivity contribution in [3.05, 3.63) is 0 Å². The molecule has 2 aliphatic rings. The Labute approximate surface area is 185 Å². The van der Waals surface area contributed by atoms with Gasteiger partial charge in [0.25, 0.3) is 0 Å². The van der Waals surface area contributed by atoms with E-state index in [4.69, 9.17) is 0 Å². The summed E-state index contributed by atoms with van der Waals surface area (Å²) in [5, 5.41) is 6.96. The van der Waals surface area contributed by atoms with Crippen molar-refractivity contribution in [3.8, 4) is 0 Å². The van der Waals surface area contributed by atoms with Crippen molar-refractivity contribution in [1.29, 1.82) is 0 Å². The van der Waals surface area contributed by atoms with Gasteiger partial charge in [-0.15, -0.1) is 24.0 Å². The summed E-state index contributed by atoms with van der Waals surface area (Å²) in [6.07, 6.45) is 12.4. The third-order valence-electron chi connectivity index (χ3n) is 6.14. The molecule has 0 amide bonds. The van der Waals surface area contributed by atoms with E-state index in [0.717, 1.165) is 25.0 Å². The number of rotatable bonds is 10. The van der Waals surface area contributed by atoms with Crippen molar-refractivity contribution in [2.75, 3.05) is 59.4 Å². The van der Waals surface area contributed by atoms with Gasteiger partial charge in [0.15, 0.2) is 5.96 Å². The minimum Gasteiger partial charge on any atom is -0.356 e. The Hall–Kier alpha value is -0.0800. The highest BCUT2D eigenvalue weighted by molar-refractivity contribution is 14.0. The second-order valence-corrected chi connectivity index (χ2v) is 8.06. The van der Waals surface area contributed by atoms with E-state index in [2.05, 4.69) is 32.3 Å². The summed E-state index contributed by atoms with van der Waals surface area (Å²) in [6, 6.07) is 0. The summed E-state index contributed by atoms with van der Waals surface area (Å²) in [5.74, 6) is 1.96. The number of nitrogens with zero attached hydrogens (tertiary/aromatic N) is 3. The highest BCUT2D eigenvalue weighted by atomic mass is 127. The molecule has 0 unspecified atom stereocenters. The minimum atomic E-state index is 0. The molecule has 1 aliphatic heterocycles. The number of hydrogen-bond acceptors (Lipinski definition) is 3. The number of halogens is 1. The quantitative estimate of drug-likeness (QED) is 0.212. The average molecular weight is 494 g/mol. The van der Waals surface area contributed by atoms with E-state index in [1.54, 1.807) is 0 Å². The highest BCUT2D eigenvalue weighted by Crippen LogP contribution is 2.26. The number of likely N-dealkylation sites (N-methyl/N-ethyl adjacent to an activating group) is 1. The molecular weight excluding hydrogens is 449 g/mol.